The Morgan fingerprint density at radius 2 is 1.50 bits per heavy atom. The molecule has 0 bridgehead atoms. The van der Waals surface area contributed by atoms with Crippen molar-refractivity contribution < 1.29 is 9.59 Å². The van der Waals surface area contributed by atoms with E-state index in [1.807, 2.05) is 78.2 Å². The van der Waals surface area contributed by atoms with Gasteiger partial charge in [-0.2, -0.15) is 0 Å². The number of fused-ring (bicyclic) bond motifs is 1. The molecule has 0 aliphatic heterocycles. The summed E-state index contributed by atoms with van der Waals surface area (Å²) in [7, 11) is 0. The first-order valence-corrected chi connectivity index (χ1v) is 12.0. The molecular formula is C30H24ClN3O2. The second-order valence-corrected chi connectivity index (χ2v) is 9.04. The molecule has 0 fully saturated rings. The van der Waals surface area contributed by atoms with Gasteiger partial charge in [0.25, 0.3) is 11.8 Å². The summed E-state index contributed by atoms with van der Waals surface area (Å²) in [6, 6.07) is 32.0. The van der Waals surface area contributed by atoms with Gasteiger partial charge in [-0.25, -0.2) is 0 Å². The number of benzene rings is 4. The van der Waals surface area contributed by atoms with Crippen molar-refractivity contribution in [3.05, 3.63) is 131 Å². The molecule has 0 aliphatic carbocycles. The summed E-state index contributed by atoms with van der Waals surface area (Å²) in [4.78, 5) is 26.1. The van der Waals surface area contributed by atoms with E-state index in [1.54, 1.807) is 24.3 Å². The molecule has 0 saturated heterocycles. The number of carbonyl (C=O) groups is 2. The number of hydrogen-bond acceptors (Lipinski definition) is 2. The van der Waals surface area contributed by atoms with Crippen LogP contribution in [0.3, 0.4) is 0 Å². The summed E-state index contributed by atoms with van der Waals surface area (Å²) in [6.45, 7) is 2.59. The highest BCUT2D eigenvalue weighted by molar-refractivity contribution is 6.34. The number of amides is 2. The van der Waals surface area contributed by atoms with Gasteiger partial charge in [0.05, 0.1) is 10.6 Å². The number of hydrogen-bond donors (Lipinski definition) is 2. The second-order valence-electron chi connectivity index (χ2n) is 8.63. The van der Waals surface area contributed by atoms with E-state index in [0.717, 1.165) is 27.7 Å². The zero-order valence-corrected chi connectivity index (χ0v) is 20.4. The van der Waals surface area contributed by atoms with Gasteiger partial charge in [0.2, 0.25) is 0 Å². The Morgan fingerprint density at radius 3 is 2.28 bits per heavy atom. The summed E-state index contributed by atoms with van der Waals surface area (Å²) in [5.74, 6) is -0.493. The van der Waals surface area contributed by atoms with Crippen LogP contribution in [-0.4, -0.2) is 16.4 Å². The molecule has 4 aromatic carbocycles. The Bertz CT molecular complexity index is 1570. The highest BCUT2D eigenvalue weighted by Gasteiger charge is 2.18. The first-order valence-electron chi connectivity index (χ1n) is 11.6. The maximum Gasteiger partial charge on any atom is 0.272 e. The van der Waals surface area contributed by atoms with E-state index in [4.69, 9.17) is 11.6 Å². The first kappa shape index (κ1) is 23.4. The summed E-state index contributed by atoms with van der Waals surface area (Å²) < 4.78 is 2.00. The van der Waals surface area contributed by atoms with Crippen LogP contribution in [-0.2, 0) is 6.54 Å². The van der Waals surface area contributed by atoms with Crippen molar-refractivity contribution in [2.24, 2.45) is 0 Å². The number of nitrogens with one attached hydrogen (secondary N) is 2. The molecule has 5 nitrogen and oxygen atoms in total. The van der Waals surface area contributed by atoms with Crippen molar-refractivity contribution in [1.29, 1.82) is 0 Å². The Kier molecular flexibility index (Phi) is 6.56. The molecule has 1 heterocycles. The lowest BCUT2D eigenvalue weighted by Crippen LogP contribution is -2.17. The first-order chi connectivity index (χ1) is 17.5. The average molecular weight is 494 g/mol. The van der Waals surface area contributed by atoms with E-state index < -0.39 is 0 Å². The largest absolute Gasteiger partial charge is 0.332 e. The number of aromatic nitrogens is 1. The van der Waals surface area contributed by atoms with Crippen LogP contribution in [0, 0.1) is 6.92 Å². The molecule has 0 aliphatic rings. The lowest BCUT2D eigenvalue weighted by molar-refractivity contribution is 0.101. The van der Waals surface area contributed by atoms with E-state index in [-0.39, 0.29) is 11.8 Å². The van der Waals surface area contributed by atoms with Gasteiger partial charge in [-0.15, -0.1) is 0 Å². The second kappa shape index (κ2) is 10.1. The molecule has 0 saturated carbocycles. The number of carbonyl (C=O) groups excluding carboxylic acids is 2. The minimum Gasteiger partial charge on any atom is -0.332 e. The predicted octanol–water partition coefficient (Wildman–Crippen LogP) is 7.16. The van der Waals surface area contributed by atoms with Gasteiger partial charge in [-0.1, -0.05) is 71.8 Å². The lowest BCUT2D eigenvalue weighted by atomic mass is 10.1. The van der Waals surface area contributed by atoms with Gasteiger partial charge in [0.1, 0.15) is 5.69 Å². The molecule has 5 aromatic rings. The smallest absolute Gasteiger partial charge is 0.272 e. The van der Waals surface area contributed by atoms with Crippen molar-refractivity contribution in [3.63, 3.8) is 0 Å². The number of para-hydroxylation sites is 1. The number of rotatable bonds is 6. The van der Waals surface area contributed by atoms with E-state index in [9.17, 15) is 9.59 Å². The molecule has 0 atom stereocenters. The Labute approximate surface area is 214 Å². The highest BCUT2D eigenvalue weighted by Crippen LogP contribution is 2.27. The zero-order chi connectivity index (χ0) is 25.1. The Morgan fingerprint density at radius 1 is 0.750 bits per heavy atom. The summed E-state index contributed by atoms with van der Waals surface area (Å²) in [5.41, 5.74) is 5.42. The van der Waals surface area contributed by atoms with Crippen LogP contribution in [0.15, 0.2) is 103 Å². The third-order valence-electron chi connectivity index (χ3n) is 5.97. The number of nitrogens with zero attached hydrogens (tertiary/aromatic N) is 1. The molecule has 1 aromatic heterocycles. The van der Waals surface area contributed by atoms with E-state index >= 15 is 0 Å². The van der Waals surface area contributed by atoms with Crippen molar-refractivity contribution in [2.45, 2.75) is 13.5 Å². The van der Waals surface area contributed by atoms with Crippen molar-refractivity contribution in [3.8, 4) is 0 Å². The topological polar surface area (TPSA) is 63.1 Å². The minimum absolute atomic E-state index is 0.202. The van der Waals surface area contributed by atoms with Crippen LogP contribution in [0.25, 0.3) is 10.9 Å². The van der Waals surface area contributed by atoms with Gasteiger partial charge in [-0.3, -0.25) is 9.59 Å². The SMILES string of the molecule is Cc1cccc(Cn2c(C(=O)Nc3ccccc3)cc3cc(NC(=O)c4ccccc4Cl)ccc32)c1. The predicted molar refractivity (Wildman–Crippen MR) is 146 cm³/mol. The van der Waals surface area contributed by atoms with Crippen LogP contribution in [0.2, 0.25) is 5.02 Å². The Balaban J connectivity index is 1.51. The third-order valence-corrected chi connectivity index (χ3v) is 6.29. The fourth-order valence-corrected chi connectivity index (χ4v) is 4.48. The van der Waals surface area contributed by atoms with Crippen molar-refractivity contribution >= 4 is 45.7 Å². The summed E-state index contributed by atoms with van der Waals surface area (Å²) >= 11 is 6.19. The molecule has 2 N–H and O–H groups in total. The molecule has 178 valence electrons. The molecule has 6 heteroatoms. The summed E-state index contributed by atoms with van der Waals surface area (Å²) in [5, 5.41) is 7.13. The van der Waals surface area contributed by atoms with Gasteiger partial charge in [0, 0.05) is 28.8 Å². The van der Waals surface area contributed by atoms with Crippen LogP contribution >= 0.6 is 11.6 Å². The number of halogens is 1. The highest BCUT2D eigenvalue weighted by atomic mass is 35.5. The van der Waals surface area contributed by atoms with Crippen LogP contribution < -0.4 is 10.6 Å². The zero-order valence-electron chi connectivity index (χ0n) is 19.7. The fourth-order valence-electron chi connectivity index (χ4n) is 4.26. The van der Waals surface area contributed by atoms with Crippen LogP contribution in [0.1, 0.15) is 32.0 Å². The van der Waals surface area contributed by atoms with E-state index in [0.29, 0.717) is 28.5 Å². The summed E-state index contributed by atoms with van der Waals surface area (Å²) in [6.07, 6.45) is 0. The fraction of sp³-hybridized carbons (Fsp3) is 0.0667. The van der Waals surface area contributed by atoms with Crippen LogP contribution in [0.5, 0.6) is 0 Å². The Hall–Kier alpha value is -4.35. The lowest BCUT2D eigenvalue weighted by Gasteiger charge is -2.12. The monoisotopic (exact) mass is 493 g/mol. The van der Waals surface area contributed by atoms with Gasteiger partial charge in [0.15, 0.2) is 0 Å². The maximum absolute atomic E-state index is 13.3. The molecule has 5 rings (SSSR count). The van der Waals surface area contributed by atoms with Crippen molar-refractivity contribution in [2.75, 3.05) is 10.6 Å². The minimum atomic E-state index is -0.291. The van der Waals surface area contributed by atoms with Gasteiger partial charge >= 0.3 is 0 Å². The quantitative estimate of drug-likeness (QED) is 0.263. The van der Waals surface area contributed by atoms with Gasteiger partial charge in [-0.05, 0) is 61.0 Å². The maximum atomic E-state index is 13.3. The van der Waals surface area contributed by atoms with Crippen LogP contribution in [0.4, 0.5) is 11.4 Å². The third kappa shape index (κ3) is 5.02. The number of aryl methyl sites for hydroxylation is 1. The standard InChI is InChI=1S/C30H24ClN3O2/c1-20-8-7-9-21(16-20)19-34-27-15-14-24(33-29(35)25-12-5-6-13-26(25)31)17-22(27)18-28(34)30(36)32-23-10-3-2-4-11-23/h2-18H,19H2,1H3,(H,32,36)(H,33,35). The van der Waals surface area contributed by atoms with Crippen molar-refractivity contribution in [1.82, 2.24) is 4.57 Å². The normalized spacial score (nSPS) is 10.8. The molecule has 36 heavy (non-hydrogen) atoms. The average Bonchev–Trinajstić information content (AvgIpc) is 3.22. The molecule has 0 unspecified atom stereocenters. The number of anilines is 2. The molecule has 0 spiro atoms. The van der Waals surface area contributed by atoms with E-state index in [1.165, 1.54) is 0 Å². The van der Waals surface area contributed by atoms with E-state index in [2.05, 4.69) is 22.8 Å². The molecule has 2 amide bonds. The van der Waals surface area contributed by atoms with Gasteiger partial charge < -0.3 is 15.2 Å². The molecule has 0 radical (unpaired) electrons. The molecular weight excluding hydrogens is 470 g/mol.